The third kappa shape index (κ3) is 4.44. The maximum Gasteiger partial charge on any atom is 0.410 e. The lowest BCUT2D eigenvalue weighted by Gasteiger charge is -2.34. The Balaban J connectivity index is 1.89. The summed E-state index contributed by atoms with van der Waals surface area (Å²) >= 11 is 0. The van der Waals surface area contributed by atoms with Crippen molar-refractivity contribution in [1.82, 2.24) is 14.7 Å². The van der Waals surface area contributed by atoms with Crippen LogP contribution in [0.4, 0.5) is 4.79 Å². The molecule has 0 unspecified atom stereocenters. The van der Waals surface area contributed by atoms with Crippen LogP contribution in [0.25, 0.3) is 5.69 Å². The van der Waals surface area contributed by atoms with Crippen molar-refractivity contribution in [3.8, 4) is 5.69 Å². The Morgan fingerprint density at radius 2 is 1.72 bits per heavy atom. The van der Waals surface area contributed by atoms with E-state index in [2.05, 4.69) is 5.10 Å². The van der Waals surface area contributed by atoms with Crippen LogP contribution >= 0.6 is 0 Å². The number of aryl methyl sites for hydroxylation is 2. The molecule has 0 bridgehead atoms. The number of ether oxygens (including phenoxy) is 1. The summed E-state index contributed by atoms with van der Waals surface area (Å²) in [7, 11) is 0. The maximum atomic E-state index is 12.3. The molecule has 7 heteroatoms. The molecule has 2 heterocycles. The molecule has 1 saturated heterocycles. The van der Waals surface area contributed by atoms with Gasteiger partial charge in [0.25, 0.3) is 0 Å². The van der Waals surface area contributed by atoms with Crippen molar-refractivity contribution in [1.29, 1.82) is 0 Å². The number of rotatable bonds is 3. The van der Waals surface area contributed by atoms with Crippen LogP contribution < -0.4 is 5.11 Å². The van der Waals surface area contributed by atoms with Crippen LogP contribution in [0.2, 0.25) is 0 Å². The number of benzene rings is 1. The molecule has 0 atom stereocenters. The van der Waals surface area contributed by atoms with Crippen molar-refractivity contribution in [3.05, 3.63) is 46.8 Å². The first-order chi connectivity index (χ1) is 13.6. The highest BCUT2D eigenvalue weighted by atomic mass is 16.6. The molecule has 0 aliphatic carbocycles. The molecule has 1 aromatic carbocycles. The number of para-hydroxylation sites is 1. The van der Waals surface area contributed by atoms with Crippen molar-refractivity contribution < 1.29 is 19.4 Å². The zero-order valence-electron chi connectivity index (χ0n) is 17.7. The predicted molar refractivity (Wildman–Crippen MR) is 107 cm³/mol. The molecule has 1 amide bonds. The number of nitrogens with zero attached hydrogens (tertiary/aromatic N) is 3. The van der Waals surface area contributed by atoms with E-state index in [1.807, 2.05) is 52.8 Å². The summed E-state index contributed by atoms with van der Waals surface area (Å²) < 4.78 is 7.19. The zero-order valence-corrected chi connectivity index (χ0v) is 17.7. The average molecular weight is 398 g/mol. The molecule has 29 heavy (non-hydrogen) atoms. The average Bonchev–Trinajstić information content (AvgIpc) is 3.05. The molecule has 1 fully saturated rings. The zero-order chi connectivity index (χ0) is 21.3. The summed E-state index contributed by atoms with van der Waals surface area (Å²) in [4.78, 5) is 25.8. The quantitative estimate of drug-likeness (QED) is 0.793. The summed E-state index contributed by atoms with van der Waals surface area (Å²) in [6.45, 7) is 10.5. The molecule has 7 nitrogen and oxygen atoms in total. The topological polar surface area (TPSA) is 87.5 Å². The number of aromatic carboxylic acids is 1. The third-order valence-corrected chi connectivity index (χ3v) is 5.21. The van der Waals surface area contributed by atoms with E-state index < -0.39 is 11.6 Å². The number of piperidine rings is 1. The molecule has 3 rings (SSSR count). The van der Waals surface area contributed by atoms with Gasteiger partial charge >= 0.3 is 6.09 Å². The van der Waals surface area contributed by atoms with Gasteiger partial charge in [-0.3, -0.25) is 0 Å². The number of carboxylic acids is 1. The fourth-order valence-electron chi connectivity index (χ4n) is 3.89. The molecule has 1 aliphatic rings. The number of carbonyl (C=O) groups is 2. The van der Waals surface area contributed by atoms with Gasteiger partial charge < -0.3 is 19.5 Å². The number of likely N-dealkylation sites (tertiary alicyclic amines) is 1. The Morgan fingerprint density at radius 3 is 2.24 bits per heavy atom. The number of amides is 1. The fourth-order valence-corrected chi connectivity index (χ4v) is 3.89. The standard InChI is InChI=1S/C22H29N3O4/c1-14-7-6-8-15(2)18(14)25-19(17(13-23-25)20(26)27)16-9-11-24(12-10-16)21(28)29-22(3,4)5/h6-8,13,16H,9-12H2,1-5H3,(H,26,27)/p-1. The smallest absolute Gasteiger partial charge is 0.410 e. The van der Waals surface area contributed by atoms with Gasteiger partial charge in [-0.15, -0.1) is 0 Å². The highest BCUT2D eigenvalue weighted by Crippen LogP contribution is 2.33. The van der Waals surface area contributed by atoms with Gasteiger partial charge in [0.05, 0.1) is 23.5 Å². The minimum atomic E-state index is -1.23. The van der Waals surface area contributed by atoms with Gasteiger partial charge in [0.2, 0.25) is 0 Å². The number of hydrogen-bond acceptors (Lipinski definition) is 5. The minimum Gasteiger partial charge on any atom is -0.545 e. The maximum absolute atomic E-state index is 12.3. The first-order valence-electron chi connectivity index (χ1n) is 9.92. The first kappa shape index (κ1) is 20.9. The first-order valence-corrected chi connectivity index (χ1v) is 9.92. The van der Waals surface area contributed by atoms with Crippen LogP contribution in [0.1, 0.15) is 66.7 Å². The lowest BCUT2D eigenvalue weighted by molar-refractivity contribution is -0.255. The van der Waals surface area contributed by atoms with Crippen LogP contribution in [0.3, 0.4) is 0 Å². The molecule has 0 N–H and O–H groups in total. The second-order valence-electron chi connectivity index (χ2n) is 8.62. The van der Waals surface area contributed by atoms with Gasteiger partial charge in [0, 0.05) is 24.6 Å². The van der Waals surface area contributed by atoms with Gasteiger partial charge in [-0.2, -0.15) is 5.10 Å². The lowest BCUT2D eigenvalue weighted by atomic mass is 9.91. The molecule has 2 aromatic rings. The number of hydrogen-bond donors (Lipinski definition) is 0. The molecule has 156 valence electrons. The molecule has 0 saturated carbocycles. The summed E-state index contributed by atoms with van der Waals surface area (Å²) in [5, 5.41) is 16.2. The Bertz CT molecular complexity index is 898. The van der Waals surface area contributed by atoms with E-state index in [1.54, 1.807) is 9.58 Å². The van der Waals surface area contributed by atoms with E-state index in [-0.39, 0.29) is 17.6 Å². The molecular weight excluding hydrogens is 370 g/mol. The number of carbonyl (C=O) groups excluding carboxylic acids is 2. The Labute approximate surface area is 171 Å². The third-order valence-electron chi connectivity index (χ3n) is 5.21. The van der Waals surface area contributed by atoms with E-state index in [4.69, 9.17) is 4.74 Å². The summed E-state index contributed by atoms with van der Waals surface area (Å²) in [6, 6.07) is 5.94. The van der Waals surface area contributed by atoms with E-state index >= 15 is 0 Å². The van der Waals surface area contributed by atoms with Crippen molar-refractivity contribution in [2.45, 2.75) is 59.0 Å². The monoisotopic (exact) mass is 398 g/mol. The highest BCUT2D eigenvalue weighted by molar-refractivity contribution is 5.87. The van der Waals surface area contributed by atoms with Crippen molar-refractivity contribution in [2.24, 2.45) is 0 Å². The van der Waals surface area contributed by atoms with Crippen molar-refractivity contribution in [3.63, 3.8) is 0 Å². The van der Waals surface area contributed by atoms with Crippen LogP contribution in [0, 0.1) is 13.8 Å². The summed E-state index contributed by atoms with van der Waals surface area (Å²) in [5.74, 6) is -1.27. The van der Waals surface area contributed by atoms with Crippen LogP contribution in [0.15, 0.2) is 24.4 Å². The molecular formula is C22H28N3O4-. The van der Waals surface area contributed by atoms with Gasteiger partial charge in [-0.05, 0) is 58.6 Å². The largest absolute Gasteiger partial charge is 0.545 e. The van der Waals surface area contributed by atoms with Gasteiger partial charge in [-0.25, -0.2) is 9.48 Å². The molecule has 1 aromatic heterocycles. The predicted octanol–water partition coefficient (Wildman–Crippen LogP) is 2.97. The molecule has 0 radical (unpaired) electrons. The molecule has 1 aliphatic heterocycles. The fraction of sp³-hybridized carbons (Fsp3) is 0.500. The van der Waals surface area contributed by atoms with E-state index in [9.17, 15) is 14.7 Å². The van der Waals surface area contributed by atoms with Crippen molar-refractivity contribution >= 4 is 12.1 Å². The normalized spacial score (nSPS) is 15.4. The minimum absolute atomic E-state index is 0.0388. The van der Waals surface area contributed by atoms with Crippen LogP contribution in [0.5, 0.6) is 0 Å². The Hall–Kier alpha value is -2.83. The number of aromatic nitrogens is 2. The van der Waals surface area contributed by atoms with Gasteiger partial charge in [-0.1, -0.05) is 18.2 Å². The summed E-state index contributed by atoms with van der Waals surface area (Å²) in [6.07, 6.45) is 2.31. The summed E-state index contributed by atoms with van der Waals surface area (Å²) in [5.41, 5.74) is 3.15. The number of carboxylic acid groups (broad SMARTS) is 1. The van der Waals surface area contributed by atoms with Crippen molar-refractivity contribution in [2.75, 3.05) is 13.1 Å². The van der Waals surface area contributed by atoms with Gasteiger partial charge in [0.15, 0.2) is 0 Å². The van der Waals surface area contributed by atoms with E-state index in [0.717, 1.165) is 16.8 Å². The SMILES string of the molecule is Cc1cccc(C)c1-n1ncc(C(=O)[O-])c1C1CCN(C(=O)OC(C)(C)C)CC1. The lowest BCUT2D eigenvalue weighted by Crippen LogP contribution is -2.41. The second kappa shape index (κ2) is 7.89. The van der Waals surface area contributed by atoms with Gasteiger partial charge in [0.1, 0.15) is 5.60 Å². The van der Waals surface area contributed by atoms with E-state index in [1.165, 1.54) is 6.20 Å². The molecule has 0 spiro atoms. The second-order valence-corrected chi connectivity index (χ2v) is 8.62. The Morgan fingerprint density at radius 1 is 1.14 bits per heavy atom. The Kier molecular flexibility index (Phi) is 5.68. The highest BCUT2D eigenvalue weighted by Gasteiger charge is 2.31. The van der Waals surface area contributed by atoms with Crippen LogP contribution in [-0.2, 0) is 4.74 Å². The van der Waals surface area contributed by atoms with Crippen LogP contribution in [-0.4, -0.2) is 45.4 Å². The van der Waals surface area contributed by atoms with E-state index in [0.29, 0.717) is 31.6 Å².